The molecule has 1 rings (SSSR count). The number of carbonyl (C=O) groups is 1. The Kier molecular flexibility index (Phi) is 4.84. The minimum atomic E-state index is -0.484. The summed E-state index contributed by atoms with van der Waals surface area (Å²) in [6, 6.07) is 0. The van der Waals surface area contributed by atoms with Crippen LogP contribution in [0.15, 0.2) is 0 Å². The molecule has 0 fully saturated rings. The number of hydrogen-bond acceptors (Lipinski definition) is 2. The third kappa shape index (κ3) is 3.07. The minimum Gasteiger partial charge on any atom is -0.383 e. The lowest BCUT2D eigenvalue weighted by Gasteiger charge is -2.28. The molecule has 0 aromatic rings. The molecule has 15 heavy (non-hydrogen) atoms. The smallest absolute Gasteiger partial charge is 0.153 e. The van der Waals surface area contributed by atoms with Crippen molar-refractivity contribution < 1.29 is 9.53 Å². The van der Waals surface area contributed by atoms with Crippen molar-refractivity contribution in [1.29, 1.82) is 0 Å². The van der Waals surface area contributed by atoms with Crippen LogP contribution < -0.4 is 0 Å². The fraction of sp³-hybridized carbons (Fsp3) is 0.769. The van der Waals surface area contributed by atoms with Crippen molar-refractivity contribution in [1.82, 2.24) is 0 Å². The summed E-state index contributed by atoms with van der Waals surface area (Å²) < 4.78 is 5.16. The Balaban J connectivity index is 2.70. The fourth-order valence-electron chi connectivity index (χ4n) is 1.99. The summed E-state index contributed by atoms with van der Waals surface area (Å²) in [5.41, 5.74) is -0.484. The van der Waals surface area contributed by atoms with Gasteiger partial charge in [-0.2, -0.15) is 0 Å². The van der Waals surface area contributed by atoms with Crippen LogP contribution in [-0.4, -0.2) is 19.5 Å². The van der Waals surface area contributed by atoms with Gasteiger partial charge in [0.05, 0.1) is 6.61 Å². The summed E-state index contributed by atoms with van der Waals surface area (Å²) in [5.74, 6) is 6.46. The van der Waals surface area contributed by atoms with Crippen molar-refractivity contribution >= 4 is 5.78 Å². The molecule has 1 aliphatic rings. The number of Topliss-reactive ketones (excluding diaryl/α,β-unsaturated/α-hetero) is 1. The molecular weight excluding hydrogens is 188 g/mol. The van der Waals surface area contributed by atoms with E-state index in [0.717, 1.165) is 32.1 Å². The Labute approximate surface area is 92.4 Å². The van der Waals surface area contributed by atoms with E-state index in [0.29, 0.717) is 13.0 Å². The number of ether oxygens (including phenoxy) is 1. The highest BCUT2D eigenvalue weighted by Crippen LogP contribution is 2.30. The van der Waals surface area contributed by atoms with E-state index in [4.69, 9.17) is 4.74 Å². The van der Waals surface area contributed by atoms with Gasteiger partial charge in [0.25, 0.3) is 0 Å². The lowest BCUT2D eigenvalue weighted by Crippen LogP contribution is -2.35. The molecule has 1 aliphatic carbocycles. The highest BCUT2D eigenvalue weighted by Gasteiger charge is 2.36. The molecule has 0 aliphatic heterocycles. The maximum Gasteiger partial charge on any atom is 0.153 e. The van der Waals surface area contributed by atoms with Crippen LogP contribution in [-0.2, 0) is 9.53 Å². The quantitative estimate of drug-likeness (QED) is 0.627. The monoisotopic (exact) mass is 208 g/mol. The van der Waals surface area contributed by atoms with Gasteiger partial charge in [-0.1, -0.05) is 19.3 Å². The second-order valence-corrected chi connectivity index (χ2v) is 4.20. The molecule has 0 spiro atoms. The van der Waals surface area contributed by atoms with Crippen molar-refractivity contribution in [3.63, 3.8) is 0 Å². The van der Waals surface area contributed by atoms with Crippen LogP contribution in [0.1, 0.15) is 45.4 Å². The zero-order chi connectivity index (χ0) is 11.1. The number of methoxy groups -OCH3 is 1. The second-order valence-electron chi connectivity index (χ2n) is 4.20. The van der Waals surface area contributed by atoms with Gasteiger partial charge >= 0.3 is 0 Å². The van der Waals surface area contributed by atoms with Gasteiger partial charge in [0, 0.05) is 20.0 Å². The Morgan fingerprint density at radius 2 is 2.33 bits per heavy atom. The molecule has 0 amide bonds. The summed E-state index contributed by atoms with van der Waals surface area (Å²) >= 11 is 0. The highest BCUT2D eigenvalue weighted by atomic mass is 16.5. The molecule has 0 bridgehead atoms. The lowest BCUT2D eigenvalue weighted by atomic mass is 9.76. The van der Waals surface area contributed by atoms with Gasteiger partial charge in [-0.15, -0.1) is 5.92 Å². The van der Waals surface area contributed by atoms with Crippen molar-refractivity contribution in [2.45, 2.75) is 45.4 Å². The normalized spacial score (nSPS) is 24.4. The molecule has 0 saturated carbocycles. The molecule has 0 aromatic heterocycles. The minimum absolute atomic E-state index is 0.276. The molecule has 0 aromatic carbocycles. The lowest BCUT2D eigenvalue weighted by molar-refractivity contribution is -0.128. The van der Waals surface area contributed by atoms with Crippen molar-refractivity contribution in [2.24, 2.45) is 5.41 Å². The van der Waals surface area contributed by atoms with Crippen LogP contribution in [0.5, 0.6) is 0 Å². The molecule has 2 heteroatoms. The van der Waals surface area contributed by atoms with E-state index < -0.39 is 5.41 Å². The van der Waals surface area contributed by atoms with Gasteiger partial charge in [-0.05, 0) is 19.3 Å². The predicted molar refractivity (Wildman–Crippen MR) is 60.5 cm³/mol. The Bertz CT molecular complexity index is 272. The summed E-state index contributed by atoms with van der Waals surface area (Å²) in [7, 11) is 1.64. The van der Waals surface area contributed by atoms with E-state index in [9.17, 15) is 4.79 Å². The third-order valence-corrected chi connectivity index (χ3v) is 2.91. The molecule has 0 heterocycles. The largest absolute Gasteiger partial charge is 0.383 e. The van der Waals surface area contributed by atoms with Gasteiger partial charge in [-0.3, -0.25) is 4.79 Å². The summed E-state index contributed by atoms with van der Waals surface area (Å²) in [6.07, 6.45) is 5.49. The Morgan fingerprint density at radius 1 is 1.53 bits per heavy atom. The maximum absolute atomic E-state index is 12.1. The number of rotatable bonds is 6. The molecule has 84 valence electrons. The number of unbranched alkanes of at least 4 members (excludes halogenated alkanes) is 1. The molecule has 1 atom stereocenters. The predicted octanol–water partition coefficient (Wildman–Crippen LogP) is 2.57. The van der Waals surface area contributed by atoms with E-state index in [2.05, 4.69) is 18.8 Å². The topological polar surface area (TPSA) is 26.3 Å². The molecule has 0 N–H and O–H groups in total. The van der Waals surface area contributed by atoms with Crippen LogP contribution in [0.25, 0.3) is 0 Å². The van der Waals surface area contributed by atoms with Crippen LogP contribution in [0, 0.1) is 17.3 Å². The zero-order valence-electron chi connectivity index (χ0n) is 9.77. The van der Waals surface area contributed by atoms with Gasteiger partial charge in [-0.25, -0.2) is 0 Å². The van der Waals surface area contributed by atoms with Gasteiger partial charge in [0.1, 0.15) is 5.41 Å². The third-order valence-electron chi connectivity index (χ3n) is 2.91. The average molecular weight is 208 g/mol. The number of ketones is 1. The van der Waals surface area contributed by atoms with Crippen LogP contribution in [0.4, 0.5) is 0 Å². The standard InChI is InChI=1S/C13H20O2/c1-3-4-8-12(14)13(11-15-2)9-6-5-7-10-13/h3-6,8-9,11H2,1-2H3. The van der Waals surface area contributed by atoms with Crippen molar-refractivity contribution in [2.75, 3.05) is 13.7 Å². The van der Waals surface area contributed by atoms with Crippen LogP contribution in [0.2, 0.25) is 0 Å². The van der Waals surface area contributed by atoms with Gasteiger partial charge in [0.2, 0.25) is 0 Å². The Hall–Kier alpha value is -0.810. The average Bonchev–Trinajstić information content (AvgIpc) is 2.27. The molecule has 0 saturated heterocycles. The zero-order valence-corrected chi connectivity index (χ0v) is 9.77. The first-order valence-corrected chi connectivity index (χ1v) is 5.77. The molecule has 0 radical (unpaired) electrons. The van der Waals surface area contributed by atoms with Crippen molar-refractivity contribution in [3.05, 3.63) is 0 Å². The maximum atomic E-state index is 12.1. The van der Waals surface area contributed by atoms with E-state index in [1.54, 1.807) is 7.11 Å². The SMILES string of the molecule is CCCCC(=O)C1(COC)C#CCCC1. The van der Waals surface area contributed by atoms with Gasteiger partial charge in [0.15, 0.2) is 5.78 Å². The number of carbonyl (C=O) groups excluding carboxylic acids is 1. The summed E-state index contributed by atoms with van der Waals surface area (Å²) in [5, 5.41) is 0. The van der Waals surface area contributed by atoms with Crippen molar-refractivity contribution in [3.8, 4) is 11.8 Å². The summed E-state index contributed by atoms with van der Waals surface area (Å²) in [4.78, 5) is 12.1. The first-order chi connectivity index (χ1) is 7.25. The highest BCUT2D eigenvalue weighted by molar-refractivity contribution is 5.88. The summed E-state index contributed by atoms with van der Waals surface area (Å²) in [6.45, 7) is 2.56. The van der Waals surface area contributed by atoms with Crippen LogP contribution in [0.3, 0.4) is 0 Å². The van der Waals surface area contributed by atoms with E-state index in [-0.39, 0.29) is 5.78 Å². The van der Waals surface area contributed by atoms with Gasteiger partial charge < -0.3 is 4.74 Å². The second kappa shape index (κ2) is 5.92. The van der Waals surface area contributed by atoms with E-state index in [1.165, 1.54) is 0 Å². The Morgan fingerprint density at radius 3 is 2.87 bits per heavy atom. The van der Waals surface area contributed by atoms with Crippen LogP contribution >= 0.6 is 0 Å². The fourth-order valence-corrected chi connectivity index (χ4v) is 1.99. The molecule has 1 unspecified atom stereocenters. The van der Waals surface area contributed by atoms with E-state index >= 15 is 0 Å². The molecule has 2 nitrogen and oxygen atoms in total. The number of hydrogen-bond donors (Lipinski definition) is 0. The molecular formula is C13H20O2. The van der Waals surface area contributed by atoms with E-state index in [1.807, 2.05) is 0 Å². The first kappa shape index (κ1) is 12.3. The first-order valence-electron chi connectivity index (χ1n) is 5.77.